The quantitative estimate of drug-likeness (QED) is 0.836. The van der Waals surface area contributed by atoms with Gasteiger partial charge in [0.05, 0.1) is 0 Å². The van der Waals surface area contributed by atoms with Gasteiger partial charge in [0.25, 0.3) is 0 Å². The van der Waals surface area contributed by atoms with Gasteiger partial charge in [0.15, 0.2) is 0 Å². The fraction of sp³-hybridized carbons (Fsp3) is 0.864. The Hall–Kier alpha value is -1.19. The molecule has 0 aromatic rings. The van der Waals surface area contributed by atoms with E-state index in [-0.39, 0.29) is 22.7 Å². The molecule has 0 radical (unpaired) electrons. The van der Waals surface area contributed by atoms with Gasteiger partial charge in [-0.1, -0.05) is 19.8 Å². The smallest absolute Gasteiger partial charge is 0.216 e. The molecular formula is C22H33NO3. The molecule has 1 N–H and O–H groups in total. The van der Waals surface area contributed by atoms with E-state index in [1.807, 2.05) is 0 Å². The summed E-state index contributed by atoms with van der Waals surface area (Å²) in [5.41, 5.74) is -0.116. The third-order valence-corrected chi connectivity index (χ3v) is 8.75. The van der Waals surface area contributed by atoms with Gasteiger partial charge < -0.3 is 5.32 Å². The van der Waals surface area contributed by atoms with Crippen LogP contribution in [0.2, 0.25) is 0 Å². The van der Waals surface area contributed by atoms with Crippen LogP contribution in [-0.4, -0.2) is 24.0 Å². The van der Waals surface area contributed by atoms with E-state index in [0.29, 0.717) is 48.7 Å². The number of fused-ring (bicyclic) bond motifs is 5. The Labute approximate surface area is 156 Å². The molecule has 0 saturated heterocycles. The van der Waals surface area contributed by atoms with Gasteiger partial charge in [-0.3, -0.25) is 14.4 Å². The number of hydrogen-bond donors (Lipinski definition) is 1. The van der Waals surface area contributed by atoms with Gasteiger partial charge in [-0.05, 0) is 61.7 Å². The molecule has 0 aliphatic heterocycles. The largest absolute Gasteiger partial charge is 0.356 e. The van der Waals surface area contributed by atoms with E-state index in [4.69, 9.17) is 0 Å². The van der Waals surface area contributed by atoms with Gasteiger partial charge in [0.1, 0.15) is 11.6 Å². The summed E-state index contributed by atoms with van der Waals surface area (Å²) in [6, 6.07) is 0. The number of Topliss-reactive ketones (excluding diaryl/α,β-unsaturated/α-hetero) is 2. The maximum Gasteiger partial charge on any atom is 0.216 e. The zero-order chi connectivity index (χ0) is 18.5. The number of carbonyl (C=O) groups is 3. The van der Waals surface area contributed by atoms with Crippen LogP contribution in [0.1, 0.15) is 78.1 Å². The minimum absolute atomic E-state index is 0.0255. The number of ketones is 2. The molecule has 144 valence electrons. The van der Waals surface area contributed by atoms with Crippen molar-refractivity contribution in [2.24, 2.45) is 34.5 Å². The van der Waals surface area contributed by atoms with E-state index in [1.165, 1.54) is 26.2 Å². The molecule has 4 aliphatic rings. The Kier molecular flexibility index (Phi) is 4.51. The lowest BCUT2D eigenvalue weighted by molar-refractivity contribution is -0.157. The maximum absolute atomic E-state index is 13.0. The van der Waals surface area contributed by atoms with E-state index >= 15 is 0 Å². The van der Waals surface area contributed by atoms with Gasteiger partial charge in [-0.25, -0.2) is 0 Å². The molecular weight excluding hydrogens is 326 g/mol. The Morgan fingerprint density at radius 2 is 1.92 bits per heavy atom. The summed E-state index contributed by atoms with van der Waals surface area (Å²) < 4.78 is 0. The number of amides is 1. The van der Waals surface area contributed by atoms with E-state index in [2.05, 4.69) is 12.2 Å². The number of nitrogens with one attached hydrogen (secondary N) is 1. The van der Waals surface area contributed by atoms with E-state index < -0.39 is 0 Å². The zero-order valence-corrected chi connectivity index (χ0v) is 16.3. The number of hydrogen-bond acceptors (Lipinski definition) is 3. The SMILES string of the molecule is CC(=O)NCC[C@]12CC[C@H]3[C@@H](CC(=O)C4CCCC[C@@]43C)[C@@H]1CCC2=O. The summed E-state index contributed by atoms with van der Waals surface area (Å²) >= 11 is 0. The molecule has 0 aromatic carbocycles. The van der Waals surface area contributed by atoms with Crippen LogP contribution in [-0.2, 0) is 14.4 Å². The first-order valence-corrected chi connectivity index (χ1v) is 10.7. The summed E-state index contributed by atoms with van der Waals surface area (Å²) in [7, 11) is 0. The first-order valence-electron chi connectivity index (χ1n) is 10.7. The molecule has 4 heteroatoms. The molecule has 1 amide bonds. The highest BCUT2D eigenvalue weighted by molar-refractivity contribution is 5.88. The monoisotopic (exact) mass is 359 g/mol. The predicted molar refractivity (Wildman–Crippen MR) is 99.4 cm³/mol. The standard InChI is InChI=1S/C22H33NO3/c1-14(24)23-12-11-22-10-8-16-15(17(22)6-7-20(22)26)13-19(25)18-5-3-4-9-21(16,18)2/h15-18H,3-13H2,1-2H3,(H,23,24)/t15-,16+,17+,18?,21-,22-/m1/s1. The maximum atomic E-state index is 13.0. The van der Waals surface area contributed by atoms with Crippen molar-refractivity contribution in [3.8, 4) is 0 Å². The molecule has 26 heavy (non-hydrogen) atoms. The van der Waals surface area contributed by atoms with Crippen molar-refractivity contribution < 1.29 is 14.4 Å². The Bertz CT molecular complexity index is 629. The lowest BCUT2D eigenvalue weighted by Crippen LogP contribution is -2.56. The molecule has 0 aromatic heterocycles. The van der Waals surface area contributed by atoms with Gasteiger partial charge in [0.2, 0.25) is 5.91 Å². The summed E-state index contributed by atoms with van der Waals surface area (Å²) in [5, 5.41) is 2.90. The highest BCUT2D eigenvalue weighted by Crippen LogP contribution is 2.65. The van der Waals surface area contributed by atoms with Crippen molar-refractivity contribution in [2.75, 3.05) is 6.54 Å². The molecule has 1 unspecified atom stereocenters. The van der Waals surface area contributed by atoms with Crippen LogP contribution >= 0.6 is 0 Å². The van der Waals surface area contributed by atoms with Gasteiger partial charge in [-0.15, -0.1) is 0 Å². The molecule has 4 aliphatic carbocycles. The first kappa shape index (κ1) is 18.2. The van der Waals surface area contributed by atoms with Crippen LogP contribution in [0, 0.1) is 34.5 Å². The second-order valence-corrected chi connectivity index (χ2v) is 9.74. The minimum Gasteiger partial charge on any atom is -0.356 e. The van der Waals surface area contributed by atoms with Crippen molar-refractivity contribution >= 4 is 17.5 Å². The minimum atomic E-state index is -0.276. The van der Waals surface area contributed by atoms with Crippen LogP contribution in [0.4, 0.5) is 0 Å². The highest BCUT2D eigenvalue weighted by atomic mass is 16.1. The second kappa shape index (κ2) is 6.45. The van der Waals surface area contributed by atoms with Gasteiger partial charge >= 0.3 is 0 Å². The average molecular weight is 360 g/mol. The molecule has 4 nitrogen and oxygen atoms in total. The molecule has 0 bridgehead atoms. The van der Waals surface area contributed by atoms with Crippen molar-refractivity contribution in [1.82, 2.24) is 5.32 Å². The predicted octanol–water partition coefficient (Wildman–Crippen LogP) is 3.67. The van der Waals surface area contributed by atoms with Crippen LogP contribution in [0.3, 0.4) is 0 Å². The average Bonchev–Trinajstić information content (AvgIpc) is 2.92. The number of carbonyl (C=O) groups excluding carboxylic acids is 3. The second-order valence-electron chi connectivity index (χ2n) is 9.74. The van der Waals surface area contributed by atoms with Crippen LogP contribution in [0.15, 0.2) is 0 Å². The van der Waals surface area contributed by atoms with Crippen LogP contribution in [0.5, 0.6) is 0 Å². The third-order valence-electron chi connectivity index (χ3n) is 8.75. The molecule has 4 rings (SSSR count). The summed E-state index contributed by atoms with van der Waals surface area (Å²) in [6.45, 7) is 4.50. The summed E-state index contributed by atoms with van der Waals surface area (Å²) in [5.74, 6) is 2.46. The van der Waals surface area contributed by atoms with Gasteiger partial charge in [-0.2, -0.15) is 0 Å². The highest BCUT2D eigenvalue weighted by Gasteiger charge is 2.62. The Balaban J connectivity index is 1.61. The third kappa shape index (κ3) is 2.58. The molecule has 4 fully saturated rings. The fourth-order valence-electron chi connectivity index (χ4n) is 7.60. The van der Waals surface area contributed by atoms with E-state index in [9.17, 15) is 14.4 Å². The topological polar surface area (TPSA) is 63.2 Å². The first-order chi connectivity index (χ1) is 12.4. The van der Waals surface area contributed by atoms with Crippen molar-refractivity contribution in [2.45, 2.75) is 78.1 Å². The lowest BCUT2D eigenvalue weighted by Gasteiger charge is -2.59. The fourth-order valence-corrected chi connectivity index (χ4v) is 7.60. The van der Waals surface area contributed by atoms with Crippen molar-refractivity contribution in [3.05, 3.63) is 0 Å². The van der Waals surface area contributed by atoms with Crippen molar-refractivity contribution in [3.63, 3.8) is 0 Å². The molecule has 6 atom stereocenters. The Morgan fingerprint density at radius 1 is 1.12 bits per heavy atom. The summed E-state index contributed by atoms with van der Waals surface area (Å²) in [6.07, 6.45) is 9.85. The van der Waals surface area contributed by atoms with Crippen LogP contribution in [0.25, 0.3) is 0 Å². The molecule has 4 saturated carbocycles. The normalized spacial score (nSPS) is 44.8. The molecule has 0 heterocycles. The van der Waals surface area contributed by atoms with Gasteiger partial charge in [0, 0.05) is 37.6 Å². The lowest BCUT2D eigenvalue weighted by atomic mass is 9.44. The van der Waals surface area contributed by atoms with E-state index in [1.54, 1.807) is 0 Å². The van der Waals surface area contributed by atoms with E-state index in [0.717, 1.165) is 32.1 Å². The Morgan fingerprint density at radius 3 is 2.69 bits per heavy atom. The zero-order valence-electron chi connectivity index (χ0n) is 16.3. The van der Waals surface area contributed by atoms with Crippen LogP contribution < -0.4 is 5.32 Å². The number of rotatable bonds is 3. The molecule has 0 spiro atoms. The van der Waals surface area contributed by atoms with Crippen molar-refractivity contribution in [1.29, 1.82) is 0 Å². The summed E-state index contributed by atoms with van der Waals surface area (Å²) in [4.78, 5) is 37.2.